The second-order valence-corrected chi connectivity index (χ2v) is 9.41. The van der Waals surface area contributed by atoms with Gasteiger partial charge in [-0.15, -0.1) is 0 Å². The van der Waals surface area contributed by atoms with Gasteiger partial charge in [-0.1, -0.05) is 61.2 Å². The highest BCUT2D eigenvalue weighted by molar-refractivity contribution is 5.86. The summed E-state index contributed by atoms with van der Waals surface area (Å²) in [4.78, 5) is 25.7. The molecular weight excluding hydrogens is 418 g/mol. The smallest absolute Gasteiger partial charge is 0.408 e. The van der Waals surface area contributed by atoms with E-state index >= 15 is 0 Å². The molecule has 33 heavy (non-hydrogen) atoms. The lowest BCUT2D eigenvalue weighted by Crippen LogP contribution is -2.61. The van der Waals surface area contributed by atoms with Crippen molar-refractivity contribution < 1.29 is 23.8 Å². The van der Waals surface area contributed by atoms with Gasteiger partial charge in [0.05, 0.1) is 11.7 Å². The Morgan fingerprint density at radius 3 is 2.06 bits per heavy atom. The molecular formula is C27H33NO5. The second-order valence-electron chi connectivity index (χ2n) is 9.41. The maximum absolute atomic E-state index is 12.9. The molecule has 176 valence electrons. The summed E-state index contributed by atoms with van der Waals surface area (Å²) in [7, 11) is 0. The summed E-state index contributed by atoms with van der Waals surface area (Å²) in [5.41, 5.74) is 2.55. The van der Waals surface area contributed by atoms with E-state index in [1.54, 1.807) is 13.8 Å². The highest BCUT2D eigenvalue weighted by atomic mass is 16.6. The van der Waals surface area contributed by atoms with Gasteiger partial charge in [-0.05, 0) is 56.9 Å². The molecule has 3 rings (SSSR count). The normalized spacial score (nSPS) is 15.5. The van der Waals surface area contributed by atoms with E-state index in [0.717, 1.165) is 22.3 Å². The molecule has 1 N–H and O–H groups in total. The zero-order valence-corrected chi connectivity index (χ0v) is 20.0. The van der Waals surface area contributed by atoms with Crippen molar-refractivity contribution in [3.8, 4) is 11.1 Å². The third-order valence-corrected chi connectivity index (χ3v) is 5.81. The Balaban J connectivity index is 1.75. The molecule has 0 radical (unpaired) electrons. The number of nitrogens with one attached hydrogen (secondary N) is 1. The van der Waals surface area contributed by atoms with Crippen LogP contribution in [0.4, 0.5) is 4.79 Å². The van der Waals surface area contributed by atoms with Crippen LogP contribution in [-0.2, 0) is 19.0 Å². The lowest BCUT2D eigenvalue weighted by molar-refractivity contribution is -0.161. The first-order valence-electron chi connectivity index (χ1n) is 11.2. The summed E-state index contributed by atoms with van der Waals surface area (Å²) in [6.07, 6.45) is 0.0931. The molecule has 1 amide bonds. The van der Waals surface area contributed by atoms with E-state index in [2.05, 4.69) is 36.2 Å². The summed E-state index contributed by atoms with van der Waals surface area (Å²) in [5, 5.41) is 2.70. The minimum absolute atomic E-state index is 0.0308. The molecule has 6 heteroatoms. The third kappa shape index (κ3) is 5.45. The number of alkyl carbamates (subject to hydrolysis) is 1. The van der Waals surface area contributed by atoms with Gasteiger partial charge in [0.15, 0.2) is 5.54 Å². The number of carbonyl (C=O) groups excluding carboxylic acids is 2. The van der Waals surface area contributed by atoms with Crippen molar-refractivity contribution in [2.24, 2.45) is 0 Å². The average Bonchev–Trinajstić information content (AvgIpc) is 3.08. The molecule has 0 saturated carbocycles. The van der Waals surface area contributed by atoms with E-state index in [-0.39, 0.29) is 19.1 Å². The molecule has 0 fully saturated rings. The number of ether oxygens (including phenoxy) is 3. The molecule has 1 aliphatic rings. The summed E-state index contributed by atoms with van der Waals surface area (Å²) >= 11 is 0. The third-order valence-electron chi connectivity index (χ3n) is 5.81. The van der Waals surface area contributed by atoms with Gasteiger partial charge in [0.1, 0.15) is 13.2 Å². The van der Waals surface area contributed by atoms with E-state index in [9.17, 15) is 9.59 Å². The molecule has 2 aromatic carbocycles. The van der Waals surface area contributed by atoms with E-state index in [1.807, 2.05) is 45.0 Å². The zero-order valence-electron chi connectivity index (χ0n) is 20.0. The van der Waals surface area contributed by atoms with Crippen molar-refractivity contribution in [3.05, 3.63) is 72.3 Å². The molecule has 1 unspecified atom stereocenters. The van der Waals surface area contributed by atoms with Gasteiger partial charge in [-0.3, -0.25) is 0 Å². The highest BCUT2D eigenvalue weighted by Gasteiger charge is 2.45. The molecule has 0 aliphatic heterocycles. The van der Waals surface area contributed by atoms with E-state index in [0.29, 0.717) is 0 Å². The molecule has 6 nitrogen and oxygen atoms in total. The monoisotopic (exact) mass is 451 g/mol. The topological polar surface area (TPSA) is 73.9 Å². The van der Waals surface area contributed by atoms with Gasteiger partial charge in [-0.25, -0.2) is 9.59 Å². The molecule has 0 bridgehead atoms. The minimum Gasteiger partial charge on any atom is -0.460 e. The van der Waals surface area contributed by atoms with Crippen LogP contribution < -0.4 is 5.32 Å². The summed E-state index contributed by atoms with van der Waals surface area (Å²) in [6.45, 7) is 12.7. The SMILES string of the molecule is C=CCOC(=O)C(C)(NC(=O)OCC1c2ccccc2-c2ccccc21)[C@H](C)OC(C)(C)C. The van der Waals surface area contributed by atoms with Crippen LogP contribution in [0, 0.1) is 0 Å². The summed E-state index contributed by atoms with van der Waals surface area (Å²) in [5.74, 6) is -0.696. The van der Waals surface area contributed by atoms with Crippen LogP contribution in [0.15, 0.2) is 61.2 Å². The maximum atomic E-state index is 12.9. The minimum atomic E-state index is -1.45. The Bertz CT molecular complexity index is 980. The van der Waals surface area contributed by atoms with Crippen molar-refractivity contribution in [3.63, 3.8) is 0 Å². The lowest BCUT2D eigenvalue weighted by Gasteiger charge is -2.37. The number of hydrogen-bond acceptors (Lipinski definition) is 5. The lowest BCUT2D eigenvalue weighted by atomic mass is 9.95. The second kappa shape index (κ2) is 9.79. The van der Waals surface area contributed by atoms with Crippen LogP contribution in [0.5, 0.6) is 0 Å². The van der Waals surface area contributed by atoms with Crippen LogP contribution in [0.25, 0.3) is 11.1 Å². The first-order chi connectivity index (χ1) is 15.6. The van der Waals surface area contributed by atoms with Crippen LogP contribution in [0.3, 0.4) is 0 Å². The number of fused-ring (bicyclic) bond motifs is 3. The molecule has 1 aliphatic carbocycles. The van der Waals surface area contributed by atoms with Crippen LogP contribution in [0.2, 0.25) is 0 Å². The van der Waals surface area contributed by atoms with Gasteiger partial charge in [0, 0.05) is 5.92 Å². The Morgan fingerprint density at radius 2 is 1.55 bits per heavy atom. The number of amides is 1. The molecule has 0 aromatic heterocycles. The van der Waals surface area contributed by atoms with Gasteiger partial charge in [0.25, 0.3) is 0 Å². The molecule has 0 heterocycles. The largest absolute Gasteiger partial charge is 0.460 e. The summed E-state index contributed by atoms with van der Waals surface area (Å²) in [6, 6.07) is 16.2. The van der Waals surface area contributed by atoms with Gasteiger partial charge in [-0.2, -0.15) is 0 Å². The quantitative estimate of drug-likeness (QED) is 0.440. The number of benzene rings is 2. The Morgan fingerprint density at radius 1 is 1.00 bits per heavy atom. The molecule has 0 saturated heterocycles. The maximum Gasteiger partial charge on any atom is 0.408 e. The van der Waals surface area contributed by atoms with Crippen LogP contribution in [0.1, 0.15) is 51.7 Å². The Kier molecular flexibility index (Phi) is 7.28. The fourth-order valence-electron chi connectivity index (χ4n) is 4.10. The van der Waals surface area contributed by atoms with E-state index < -0.39 is 29.3 Å². The highest BCUT2D eigenvalue weighted by Crippen LogP contribution is 2.44. The fraction of sp³-hybridized carbons (Fsp3) is 0.407. The average molecular weight is 452 g/mol. The number of esters is 1. The van der Waals surface area contributed by atoms with Crippen molar-refractivity contribution in [1.82, 2.24) is 5.32 Å². The molecule has 2 atom stereocenters. The predicted octanol–water partition coefficient (Wildman–Crippen LogP) is 5.22. The zero-order chi connectivity index (χ0) is 24.2. The Labute approximate surface area is 195 Å². The first kappa shape index (κ1) is 24.5. The Hall–Kier alpha value is -3.12. The van der Waals surface area contributed by atoms with E-state index in [1.165, 1.54) is 6.08 Å². The summed E-state index contributed by atoms with van der Waals surface area (Å²) < 4.78 is 16.9. The van der Waals surface area contributed by atoms with Crippen molar-refractivity contribution in [2.45, 2.75) is 57.8 Å². The van der Waals surface area contributed by atoms with Gasteiger partial charge < -0.3 is 19.5 Å². The van der Waals surface area contributed by atoms with Gasteiger partial charge >= 0.3 is 12.1 Å². The van der Waals surface area contributed by atoms with E-state index in [4.69, 9.17) is 14.2 Å². The van der Waals surface area contributed by atoms with Crippen molar-refractivity contribution in [2.75, 3.05) is 13.2 Å². The van der Waals surface area contributed by atoms with Crippen molar-refractivity contribution >= 4 is 12.1 Å². The standard InChI is InChI=1S/C27H33NO5/c1-7-16-31-24(29)27(6,18(2)33-26(3,4)5)28-25(30)32-17-23-21-14-10-8-12-19(21)20-13-9-11-15-22(20)23/h7-15,18,23H,1,16-17H2,2-6H3,(H,28,30)/t18-,27?/m0/s1. The first-order valence-corrected chi connectivity index (χ1v) is 11.2. The van der Waals surface area contributed by atoms with Crippen LogP contribution >= 0.6 is 0 Å². The van der Waals surface area contributed by atoms with Crippen LogP contribution in [-0.4, -0.2) is 42.5 Å². The molecule has 2 aromatic rings. The number of rotatable bonds is 8. The predicted molar refractivity (Wildman–Crippen MR) is 128 cm³/mol. The fourth-order valence-corrected chi connectivity index (χ4v) is 4.10. The van der Waals surface area contributed by atoms with Crippen molar-refractivity contribution in [1.29, 1.82) is 0 Å². The number of carbonyl (C=O) groups is 2. The van der Waals surface area contributed by atoms with Gasteiger partial charge in [0.2, 0.25) is 0 Å². The molecule has 0 spiro atoms. The number of hydrogen-bond donors (Lipinski definition) is 1.